The Kier molecular flexibility index (Phi) is 15.1. The zero-order chi connectivity index (χ0) is 14.9. The summed E-state index contributed by atoms with van der Waals surface area (Å²) in [4.78, 5) is 19.9. The largest absolute Gasteiger partial charge is 0.480 e. The Bertz CT molecular complexity index is 233. The van der Waals surface area contributed by atoms with Crippen LogP contribution in [0.3, 0.4) is 0 Å². The van der Waals surface area contributed by atoms with Crippen molar-refractivity contribution in [3.63, 3.8) is 0 Å². The van der Waals surface area contributed by atoms with E-state index in [0.717, 1.165) is 0 Å². The van der Waals surface area contributed by atoms with E-state index in [4.69, 9.17) is 28.8 Å². The maximum absolute atomic E-state index is 10.1. The van der Waals surface area contributed by atoms with Gasteiger partial charge in [0.1, 0.15) is 13.2 Å². The average Bonchev–Trinajstić information content (AvgIpc) is 2.43. The van der Waals surface area contributed by atoms with Gasteiger partial charge in [-0.3, -0.25) is 4.79 Å². The molecule has 0 bridgehead atoms. The molecule has 1 radical (unpaired) electrons. The summed E-state index contributed by atoms with van der Waals surface area (Å²) >= 11 is 0. The van der Waals surface area contributed by atoms with E-state index < -0.39 is 5.97 Å². The summed E-state index contributed by atoms with van der Waals surface area (Å²) < 4.78 is 25.1. The first-order valence-corrected chi connectivity index (χ1v) is 6.23. The van der Waals surface area contributed by atoms with Gasteiger partial charge in [0.25, 0.3) is 0 Å². The third kappa shape index (κ3) is 16.9. The Morgan fingerprint density at radius 1 is 0.750 bits per heavy atom. The molecule has 0 aromatic heterocycles. The van der Waals surface area contributed by atoms with E-state index in [9.17, 15) is 9.59 Å². The third-order valence-electron chi connectivity index (χ3n) is 1.87. The second-order valence-electron chi connectivity index (χ2n) is 3.48. The van der Waals surface area contributed by atoms with Gasteiger partial charge in [0.15, 0.2) is 0 Å². The first-order chi connectivity index (χ1) is 9.77. The van der Waals surface area contributed by atoms with E-state index in [1.807, 2.05) is 0 Å². The lowest BCUT2D eigenvalue weighted by atomic mass is 10.7. The molecular formula is C12H21O8. The van der Waals surface area contributed by atoms with Crippen LogP contribution in [-0.4, -0.2) is 83.4 Å². The van der Waals surface area contributed by atoms with Crippen LogP contribution < -0.4 is 0 Å². The average molecular weight is 293 g/mol. The number of hydrogen-bond donors (Lipinski definition) is 1. The fourth-order valence-electron chi connectivity index (χ4n) is 1.05. The van der Waals surface area contributed by atoms with Crippen molar-refractivity contribution in [2.75, 3.05) is 66.1 Å². The molecule has 0 saturated heterocycles. The first-order valence-electron chi connectivity index (χ1n) is 6.23. The molecular weight excluding hydrogens is 272 g/mol. The molecule has 0 amide bonds. The van der Waals surface area contributed by atoms with Crippen molar-refractivity contribution in [1.82, 2.24) is 0 Å². The monoisotopic (exact) mass is 293 g/mol. The molecule has 0 fully saturated rings. The normalized spacial score (nSPS) is 10.6. The number of ether oxygens (including phenoxy) is 5. The SMILES string of the molecule is O=[C]COCCOCCOCCOCCOCC(=O)O. The van der Waals surface area contributed by atoms with Gasteiger partial charge >= 0.3 is 5.97 Å². The highest BCUT2D eigenvalue weighted by Gasteiger charge is 1.96. The van der Waals surface area contributed by atoms with Crippen LogP contribution in [0.5, 0.6) is 0 Å². The highest BCUT2D eigenvalue weighted by atomic mass is 16.6. The number of carboxylic acids is 1. The van der Waals surface area contributed by atoms with E-state index in [2.05, 4.69) is 0 Å². The number of carbonyl (C=O) groups is 1. The minimum absolute atomic E-state index is 0.0343. The second kappa shape index (κ2) is 16.0. The standard InChI is InChI=1S/C12H21O8/c13-1-2-16-3-4-17-5-6-18-7-8-19-9-10-20-11-12(14)15/h2-11H2,(H,14,15). The van der Waals surface area contributed by atoms with Crippen molar-refractivity contribution in [3.05, 3.63) is 0 Å². The van der Waals surface area contributed by atoms with Gasteiger partial charge in [0.2, 0.25) is 6.29 Å². The predicted octanol–water partition coefficient (Wildman–Crippen LogP) is -0.736. The molecule has 0 aliphatic carbocycles. The molecule has 20 heavy (non-hydrogen) atoms. The molecule has 8 heteroatoms. The summed E-state index contributed by atoms with van der Waals surface area (Å²) in [6.45, 7) is 2.71. The van der Waals surface area contributed by atoms with Gasteiger partial charge in [0.05, 0.1) is 52.9 Å². The van der Waals surface area contributed by atoms with Crippen LogP contribution in [0.1, 0.15) is 0 Å². The molecule has 1 N–H and O–H groups in total. The van der Waals surface area contributed by atoms with Crippen LogP contribution in [0.25, 0.3) is 0 Å². The lowest BCUT2D eigenvalue weighted by Crippen LogP contribution is -2.14. The summed E-state index contributed by atoms with van der Waals surface area (Å²) in [7, 11) is 0. The predicted molar refractivity (Wildman–Crippen MR) is 67.4 cm³/mol. The maximum atomic E-state index is 10.1. The van der Waals surface area contributed by atoms with Gasteiger partial charge in [-0.1, -0.05) is 0 Å². The smallest absolute Gasteiger partial charge is 0.329 e. The zero-order valence-corrected chi connectivity index (χ0v) is 11.4. The van der Waals surface area contributed by atoms with Gasteiger partial charge in [-0.25, -0.2) is 4.79 Å². The molecule has 117 valence electrons. The molecule has 0 heterocycles. The van der Waals surface area contributed by atoms with E-state index >= 15 is 0 Å². The number of aliphatic carboxylic acids is 1. The Morgan fingerprint density at radius 3 is 1.55 bits per heavy atom. The highest BCUT2D eigenvalue weighted by molar-refractivity contribution is 5.67. The molecule has 0 aliphatic rings. The van der Waals surface area contributed by atoms with Gasteiger partial charge in [-0.05, 0) is 0 Å². The van der Waals surface area contributed by atoms with E-state index in [0.29, 0.717) is 46.2 Å². The second-order valence-corrected chi connectivity index (χ2v) is 3.48. The van der Waals surface area contributed by atoms with E-state index in [1.54, 1.807) is 6.29 Å². The van der Waals surface area contributed by atoms with Gasteiger partial charge < -0.3 is 28.8 Å². The van der Waals surface area contributed by atoms with E-state index in [-0.39, 0.29) is 19.8 Å². The summed E-state index contributed by atoms with van der Waals surface area (Å²) in [5, 5.41) is 8.29. The topological polar surface area (TPSA) is 101 Å². The van der Waals surface area contributed by atoms with Crippen LogP contribution in [0.15, 0.2) is 0 Å². The van der Waals surface area contributed by atoms with Crippen molar-refractivity contribution >= 4 is 12.3 Å². The van der Waals surface area contributed by atoms with Crippen LogP contribution in [0, 0.1) is 0 Å². The van der Waals surface area contributed by atoms with Gasteiger partial charge in [-0.15, -0.1) is 0 Å². The summed E-state index contributed by atoms with van der Waals surface area (Å²) in [6, 6.07) is 0. The lowest BCUT2D eigenvalue weighted by molar-refractivity contribution is -0.142. The summed E-state index contributed by atoms with van der Waals surface area (Å²) in [6.07, 6.45) is 1.61. The van der Waals surface area contributed by atoms with Crippen LogP contribution >= 0.6 is 0 Å². The molecule has 0 rings (SSSR count). The van der Waals surface area contributed by atoms with Crippen LogP contribution in [-0.2, 0) is 33.3 Å². The Labute approximate surface area is 117 Å². The van der Waals surface area contributed by atoms with Crippen molar-refractivity contribution in [2.45, 2.75) is 0 Å². The fourth-order valence-corrected chi connectivity index (χ4v) is 1.05. The summed E-state index contributed by atoms with van der Waals surface area (Å²) in [5.74, 6) is -0.997. The number of rotatable bonds is 16. The molecule has 0 unspecified atom stereocenters. The molecule has 8 nitrogen and oxygen atoms in total. The van der Waals surface area contributed by atoms with Crippen molar-refractivity contribution in [3.8, 4) is 0 Å². The highest BCUT2D eigenvalue weighted by Crippen LogP contribution is 1.83. The molecule has 0 spiro atoms. The number of carbonyl (C=O) groups excluding carboxylic acids is 1. The van der Waals surface area contributed by atoms with Crippen molar-refractivity contribution in [1.29, 1.82) is 0 Å². The Balaban J connectivity index is 2.95. The Morgan fingerprint density at radius 2 is 1.15 bits per heavy atom. The van der Waals surface area contributed by atoms with E-state index in [1.165, 1.54) is 0 Å². The molecule has 0 aliphatic heterocycles. The van der Waals surface area contributed by atoms with Gasteiger partial charge in [-0.2, -0.15) is 0 Å². The third-order valence-corrected chi connectivity index (χ3v) is 1.87. The Hall–Kier alpha value is -1.06. The number of hydrogen-bond acceptors (Lipinski definition) is 7. The van der Waals surface area contributed by atoms with Crippen molar-refractivity contribution < 1.29 is 38.4 Å². The zero-order valence-electron chi connectivity index (χ0n) is 11.4. The quantitative estimate of drug-likeness (QED) is 0.371. The van der Waals surface area contributed by atoms with Crippen LogP contribution in [0.4, 0.5) is 0 Å². The molecule has 0 aromatic rings. The maximum Gasteiger partial charge on any atom is 0.329 e. The van der Waals surface area contributed by atoms with Gasteiger partial charge in [0, 0.05) is 0 Å². The number of carboxylic acid groups (broad SMARTS) is 1. The van der Waals surface area contributed by atoms with Crippen LogP contribution in [0.2, 0.25) is 0 Å². The lowest BCUT2D eigenvalue weighted by Gasteiger charge is -2.06. The fraction of sp³-hybridized carbons (Fsp3) is 0.833. The summed E-state index contributed by atoms with van der Waals surface area (Å²) in [5.41, 5.74) is 0. The molecule has 0 saturated carbocycles. The minimum Gasteiger partial charge on any atom is -0.480 e. The van der Waals surface area contributed by atoms with Crippen molar-refractivity contribution in [2.24, 2.45) is 0 Å². The molecule has 0 aromatic carbocycles. The first kappa shape index (κ1) is 18.9. The minimum atomic E-state index is -0.997. The molecule has 0 atom stereocenters.